The summed E-state index contributed by atoms with van der Waals surface area (Å²) in [5.74, 6) is 0. The molecule has 0 amide bonds. The summed E-state index contributed by atoms with van der Waals surface area (Å²) < 4.78 is 0. The molecule has 20 heavy (non-hydrogen) atoms. The summed E-state index contributed by atoms with van der Waals surface area (Å²) in [6.07, 6.45) is 1.80. The first-order chi connectivity index (χ1) is 9.74. The van der Waals surface area contributed by atoms with Gasteiger partial charge in [-0.1, -0.05) is 30.0 Å². The van der Waals surface area contributed by atoms with Crippen LogP contribution in [0, 0.1) is 0 Å². The van der Waals surface area contributed by atoms with Crippen molar-refractivity contribution in [3.63, 3.8) is 0 Å². The van der Waals surface area contributed by atoms with Crippen LogP contribution in [-0.2, 0) is 0 Å². The lowest BCUT2D eigenvalue weighted by atomic mass is 10.2. The third-order valence-corrected chi connectivity index (χ3v) is 4.40. The zero-order chi connectivity index (χ0) is 13.9. The number of imidazole rings is 1. The van der Waals surface area contributed by atoms with Crippen molar-refractivity contribution in [1.82, 2.24) is 15.0 Å². The van der Waals surface area contributed by atoms with Crippen LogP contribution in [0.25, 0.3) is 11.0 Å². The lowest BCUT2D eigenvalue weighted by Gasteiger charge is -2.18. The fourth-order valence-electron chi connectivity index (χ4n) is 2.09. The van der Waals surface area contributed by atoms with E-state index in [1.807, 2.05) is 49.4 Å². The molecule has 2 atom stereocenters. The van der Waals surface area contributed by atoms with E-state index < -0.39 is 0 Å². The minimum absolute atomic E-state index is 0.0110. The number of para-hydroxylation sites is 2. The molecule has 0 spiro atoms. The Bertz CT molecular complexity index is 660. The van der Waals surface area contributed by atoms with Gasteiger partial charge in [-0.2, -0.15) is 0 Å². The number of rotatable bonds is 4. The third-order valence-electron chi connectivity index (χ3n) is 3.06. The van der Waals surface area contributed by atoms with Crippen LogP contribution in [-0.4, -0.2) is 21.0 Å². The molecule has 3 rings (SSSR count). The summed E-state index contributed by atoms with van der Waals surface area (Å²) in [6.45, 7) is 2.00. The van der Waals surface area contributed by atoms with Crippen LogP contribution in [0.3, 0.4) is 0 Å². The van der Waals surface area contributed by atoms with Crippen molar-refractivity contribution in [3.8, 4) is 0 Å². The number of nitrogens with two attached hydrogens (primary N) is 1. The number of H-pyrrole nitrogens is 1. The number of fused-ring (bicyclic) bond motifs is 1. The van der Waals surface area contributed by atoms with E-state index in [0.717, 1.165) is 21.9 Å². The highest BCUT2D eigenvalue weighted by Crippen LogP contribution is 2.35. The highest BCUT2D eigenvalue weighted by Gasteiger charge is 2.20. The van der Waals surface area contributed by atoms with E-state index in [2.05, 4.69) is 15.0 Å². The van der Waals surface area contributed by atoms with E-state index in [0.29, 0.717) is 0 Å². The predicted octanol–water partition coefficient (Wildman–Crippen LogP) is 3.14. The third kappa shape index (κ3) is 2.69. The van der Waals surface area contributed by atoms with Crippen molar-refractivity contribution in [2.45, 2.75) is 23.4 Å². The number of benzene rings is 1. The molecule has 3 aromatic rings. The fourth-order valence-corrected chi connectivity index (χ4v) is 3.12. The first kappa shape index (κ1) is 13.1. The molecular formula is C15H16N4S. The zero-order valence-corrected chi connectivity index (χ0v) is 12.0. The van der Waals surface area contributed by atoms with Gasteiger partial charge in [-0.3, -0.25) is 4.98 Å². The van der Waals surface area contributed by atoms with Gasteiger partial charge in [0.25, 0.3) is 0 Å². The first-order valence-electron chi connectivity index (χ1n) is 6.52. The molecule has 0 fully saturated rings. The van der Waals surface area contributed by atoms with E-state index in [4.69, 9.17) is 5.73 Å². The van der Waals surface area contributed by atoms with Crippen molar-refractivity contribution in [2.75, 3.05) is 0 Å². The van der Waals surface area contributed by atoms with Crippen LogP contribution in [0.2, 0.25) is 0 Å². The van der Waals surface area contributed by atoms with Crippen molar-refractivity contribution in [1.29, 1.82) is 0 Å². The minimum Gasteiger partial charge on any atom is -0.333 e. The van der Waals surface area contributed by atoms with E-state index in [-0.39, 0.29) is 11.3 Å². The van der Waals surface area contributed by atoms with E-state index in [1.165, 1.54) is 0 Å². The standard InChI is InChI=1S/C15H16N4S/c1-10(16)14(13-8-4-5-9-17-13)20-15-18-11-6-2-3-7-12(11)19-15/h2-10,14H,16H2,1H3,(H,18,19). The molecule has 0 bridgehead atoms. The number of pyridine rings is 1. The maximum atomic E-state index is 6.11. The SMILES string of the molecule is CC(N)C(Sc1nc2ccccc2[nH]1)c1ccccn1. The van der Waals surface area contributed by atoms with Crippen LogP contribution in [0.1, 0.15) is 17.9 Å². The average Bonchev–Trinajstić information content (AvgIpc) is 2.88. The molecular weight excluding hydrogens is 268 g/mol. The maximum absolute atomic E-state index is 6.11. The lowest BCUT2D eigenvalue weighted by molar-refractivity contribution is 0.703. The maximum Gasteiger partial charge on any atom is 0.167 e. The molecule has 3 N–H and O–H groups in total. The van der Waals surface area contributed by atoms with Crippen molar-refractivity contribution in [3.05, 3.63) is 54.4 Å². The highest BCUT2D eigenvalue weighted by molar-refractivity contribution is 7.99. The van der Waals surface area contributed by atoms with Gasteiger partial charge >= 0.3 is 0 Å². The summed E-state index contributed by atoms with van der Waals surface area (Å²) in [6, 6.07) is 13.9. The monoisotopic (exact) mass is 284 g/mol. The number of nitrogens with zero attached hydrogens (tertiary/aromatic N) is 2. The molecule has 2 heterocycles. The predicted molar refractivity (Wildman–Crippen MR) is 82.6 cm³/mol. The Morgan fingerprint density at radius 3 is 2.65 bits per heavy atom. The fraction of sp³-hybridized carbons (Fsp3) is 0.200. The molecule has 0 radical (unpaired) electrons. The Balaban J connectivity index is 1.90. The van der Waals surface area contributed by atoms with Crippen molar-refractivity contribution < 1.29 is 0 Å². The van der Waals surface area contributed by atoms with Crippen LogP contribution in [0.5, 0.6) is 0 Å². The first-order valence-corrected chi connectivity index (χ1v) is 7.40. The van der Waals surface area contributed by atoms with Crippen LogP contribution >= 0.6 is 11.8 Å². The van der Waals surface area contributed by atoms with Crippen molar-refractivity contribution >= 4 is 22.8 Å². The average molecular weight is 284 g/mol. The Morgan fingerprint density at radius 1 is 1.15 bits per heavy atom. The number of aromatic nitrogens is 3. The molecule has 4 nitrogen and oxygen atoms in total. The second kappa shape index (κ2) is 5.64. The molecule has 0 saturated heterocycles. The van der Waals surface area contributed by atoms with Gasteiger partial charge in [0.05, 0.1) is 22.0 Å². The molecule has 1 aromatic carbocycles. The second-order valence-corrected chi connectivity index (χ2v) is 5.84. The van der Waals surface area contributed by atoms with Crippen LogP contribution in [0.4, 0.5) is 0 Å². The molecule has 0 aliphatic carbocycles. The Labute approximate surface area is 121 Å². The summed E-state index contributed by atoms with van der Waals surface area (Å²) in [7, 11) is 0. The van der Waals surface area contributed by atoms with Gasteiger partial charge in [0, 0.05) is 12.2 Å². The second-order valence-electron chi connectivity index (χ2n) is 4.71. The molecule has 0 aliphatic rings. The van der Waals surface area contributed by atoms with Gasteiger partial charge in [0.2, 0.25) is 0 Å². The van der Waals surface area contributed by atoms with E-state index >= 15 is 0 Å². The largest absolute Gasteiger partial charge is 0.333 e. The normalized spacial score (nSPS) is 14.3. The van der Waals surface area contributed by atoms with Crippen LogP contribution < -0.4 is 5.73 Å². The summed E-state index contributed by atoms with van der Waals surface area (Å²) in [5.41, 5.74) is 9.10. The number of hydrogen-bond donors (Lipinski definition) is 2. The number of thioether (sulfide) groups is 1. The molecule has 0 saturated carbocycles. The summed E-state index contributed by atoms with van der Waals surface area (Å²) in [4.78, 5) is 12.3. The minimum atomic E-state index is -0.0110. The quantitative estimate of drug-likeness (QED) is 0.722. The Hall–Kier alpha value is -1.85. The van der Waals surface area contributed by atoms with Gasteiger partial charge in [-0.25, -0.2) is 4.98 Å². The van der Waals surface area contributed by atoms with Gasteiger partial charge < -0.3 is 10.7 Å². The van der Waals surface area contributed by atoms with Gasteiger partial charge in [0.1, 0.15) is 0 Å². The summed E-state index contributed by atoms with van der Waals surface area (Å²) >= 11 is 1.62. The number of nitrogens with one attached hydrogen (secondary N) is 1. The lowest BCUT2D eigenvalue weighted by Crippen LogP contribution is -2.23. The van der Waals surface area contributed by atoms with E-state index in [1.54, 1.807) is 18.0 Å². The zero-order valence-electron chi connectivity index (χ0n) is 11.2. The van der Waals surface area contributed by atoms with E-state index in [9.17, 15) is 0 Å². The highest BCUT2D eigenvalue weighted by atomic mass is 32.2. The Kier molecular flexibility index (Phi) is 3.71. The van der Waals surface area contributed by atoms with Gasteiger partial charge in [0.15, 0.2) is 5.16 Å². The smallest absolute Gasteiger partial charge is 0.167 e. The molecule has 2 aromatic heterocycles. The van der Waals surface area contributed by atoms with Crippen LogP contribution in [0.15, 0.2) is 53.8 Å². The van der Waals surface area contributed by atoms with Gasteiger partial charge in [-0.05, 0) is 31.2 Å². The number of hydrogen-bond acceptors (Lipinski definition) is 4. The summed E-state index contributed by atoms with van der Waals surface area (Å²) in [5, 5.41) is 0.955. The van der Waals surface area contributed by atoms with Gasteiger partial charge in [-0.15, -0.1) is 0 Å². The van der Waals surface area contributed by atoms with Crippen molar-refractivity contribution in [2.24, 2.45) is 5.73 Å². The molecule has 5 heteroatoms. The topological polar surface area (TPSA) is 67.6 Å². The molecule has 2 unspecified atom stereocenters. The Morgan fingerprint density at radius 2 is 1.95 bits per heavy atom. The molecule has 0 aliphatic heterocycles. The molecule has 102 valence electrons. The number of aromatic amines is 1.